The van der Waals surface area contributed by atoms with Gasteiger partial charge in [0.25, 0.3) is 5.89 Å². The van der Waals surface area contributed by atoms with E-state index in [1.165, 1.54) is 0 Å². The molecule has 0 bridgehead atoms. The van der Waals surface area contributed by atoms with Gasteiger partial charge in [0.05, 0.1) is 0 Å². The Morgan fingerprint density at radius 1 is 1.42 bits per heavy atom. The van der Waals surface area contributed by atoms with Crippen LogP contribution in [-0.4, -0.2) is 22.2 Å². The highest BCUT2D eigenvalue weighted by Crippen LogP contribution is 2.20. The molecule has 0 saturated carbocycles. The number of nitrogens with one attached hydrogen (secondary N) is 1. The maximum Gasteiger partial charge on any atom is 0.276 e. The topological polar surface area (TPSA) is 63.8 Å². The monoisotopic (exact) mass is 320 g/mol. The van der Waals surface area contributed by atoms with Crippen LogP contribution in [0.4, 0.5) is 0 Å². The molecule has 0 aliphatic carbocycles. The molecular formula is C13H13BrN4O. The minimum Gasteiger partial charge on any atom is -0.393 e. The number of allylic oxidation sites excluding steroid dienone is 3. The molecule has 2 aromatic rings. The first-order valence-electron chi connectivity index (χ1n) is 5.67. The average molecular weight is 321 g/mol. The summed E-state index contributed by atoms with van der Waals surface area (Å²) in [4.78, 5) is 8.51. The van der Waals surface area contributed by atoms with E-state index in [4.69, 9.17) is 4.52 Å². The predicted molar refractivity (Wildman–Crippen MR) is 77.2 cm³/mol. The van der Waals surface area contributed by atoms with Gasteiger partial charge in [-0.05, 0) is 29.6 Å². The molecule has 1 N–H and O–H groups in total. The van der Waals surface area contributed by atoms with Crippen LogP contribution in [0, 0.1) is 0 Å². The molecule has 6 heteroatoms. The van der Waals surface area contributed by atoms with Gasteiger partial charge in [0, 0.05) is 25.0 Å². The van der Waals surface area contributed by atoms with E-state index in [0.29, 0.717) is 17.4 Å². The van der Waals surface area contributed by atoms with Gasteiger partial charge in [0.15, 0.2) is 0 Å². The third kappa shape index (κ3) is 3.51. The van der Waals surface area contributed by atoms with Gasteiger partial charge in [0.1, 0.15) is 5.69 Å². The van der Waals surface area contributed by atoms with Gasteiger partial charge < -0.3 is 9.84 Å². The van der Waals surface area contributed by atoms with E-state index in [1.54, 1.807) is 12.4 Å². The van der Waals surface area contributed by atoms with Crippen LogP contribution in [-0.2, 0) is 0 Å². The Balaban J connectivity index is 2.35. The maximum atomic E-state index is 5.22. The normalized spacial score (nSPS) is 12.6. The molecule has 0 aliphatic rings. The van der Waals surface area contributed by atoms with E-state index in [9.17, 15) is 0 Å². The number of nitrogens with zero attached hydrogens (tertiary/aromatic N) is 3. The summed E-state index contributed by atoms with van der Waals surface area (Å²) < 4.78 is 6.19. The lowest BCUT2D eigenvalue weighted by Crippen LogP contribution is -1.96. The van der Waals surface area contributed by atoms with Gasteiger partial charge in [-0.25, -0.2) is 0 Å². The van der Waals surface area contributed by atoms with Crippen molar-refractivity contribution in [3.05, 3.63) is 47.0 Å². The predicted octanol–water partition coefficient (Wildman–Crippen LogP) is 2.99. The van der Waals surface area contributed by atoms with Crippen LogP contribution < -0.4 is 5.32 Å². The molecule has 0 radical (unpaired) electrons. The molecule has 0 aromatic carbocycles. The zero-order valence-corrected chi connectivity index (χ0v) is 12.2. The molecule has 2 aromatic heterocycles. The maximum absolute atomic E-state index is 5.22. The second-order valence-electron chi connectivity index (χ2n) is 3.76. The first-order chi connectivity index (χ1) is 9.20. The van der Waals surface area contributed by atoms with Crippen LogP contribution in [0.15, 0.2) is 45.7 Å². The number of hydrogen-bond acceptors (Lipinski definition) is 5. The van der Waals surface area contributed by atoms with Crippen molar-refractivity contribution in [1.29, 1.82) is 0 Å². The SMILES string of the molecule is CN/C=C(\C=C(/C)Br)c1noc(-c2ccccn2)n1. The standard InChI is InChI=1S/C13H13BrN4O/c1-9(14)7-10(8-15-2)12-17-13(19-18-12)11-5-3-4-6-16-11/h3-8,15H,1-2H3/b9-7+,10-8+. The van der Waals surface area contributed by atoms with E-state index in [1.807, 2.05) is 38.2 Å². The lowest BCUT2D eigenvalue weighted by molar-refractivity contribution is 0.427. The fourth-order valence-corrected chi connectivity index (χ4v) is 1.72. The smallest absolute Gasteiger partial charge is 0.276 e. The second kappa shape index (κ2) is 6.29. The fourth-order valence-electron chi connectivity index (χ4n) is 1.47. The van der Waals surface area contributed by atoms with Gasteiger partial charge in [-0.2, -0.15) is 4.98 Å². The Hall–Kier alpha value is -1.95. The second-order valence-corrected chi connectivity index (χ2v) is 5.01. The quantitative estimate of drug-likeness (QED) is 0.877. The van der Waals surface area contributed by atoms with E-state index in [2.05, 4.69) is 36.4 Å². The molecule has 98 valence electrons. The first-order valence-corrected chi connectivity index (χ1v) is 6.46. The van der Waals surface area contributed by atoms with E-state index in [-0.39, 0.29) is 0 Å². The number of pyridine rings is 1. The van der Waals surface area contributed by atoms with Crippen molar-refractivity contribution in [3.63, 3.8) is 0 Å². The summed E-state index contributed by atoms with van der Waals surface area (Å²) in [6.07, 6.45) is 5.40. The molecule has 0 atom stereocenters. The highest BCUT2D eigenvalue weighted by atomic mass is 79.9. The average Bonchev–Trinajstić information content (AvgIpc) is 2.88. The lowest BCUT2D eigenvalue weighted by atomic mass is 10.2. The van der Waals surface area contributed by atoms with Gasteiger partial charge in [-0.15, -0.1) is 0 Å². The molecule has 0 fully saturated rings. The highest BCUT2D eigenvalue weighted by Gasteiger charge is 2.12. The van der Waals surface area contributed by atoms with Crippen LogP contribution in [0.3, 0.4) is 0 Å². The van der Waals surface area contributed by atoms with E-state index in [0.717, 1.165) is 10.1 Å². The molecule has 2 heterocycles. The molecular weight excluding hydrogens is 308 g/mol. The third-order valence-corrected chi connectivity index (χ3v) is 2.45. The van der Waals surface area contributed by atoms with Crippen LogP contribution in [0.5, 0.6) is 0 Å². The highest BCUT2D eigenvalue weighted by molar-refractivity contribution is 9.11. The lowest BCUT2D eigenvalue weighted by Gasteiger charge is -1.96. The number of rotatable bonds is 4. The van der Waals surface area contributed by atoms with Gasteiger partial charge >= 0.3 is 0 Å². The molecule has 0 amide bonds. The van der Waals surface area contributed by atoms with Crippen molar-refractivity contribution in [1.82, 2.24) is 20.4 Å². The molecule has 5 nitrogen and oxygen atoms in total. The number of hydrogen-bond donors (Lipinski definition) is 1. The summed E-state index contributed by atoms with van der Waals surface area (Å²) in [5.41, 5.74) is 1.48. The molecule has 19 heavy (non-hydrogen) atoms. The van der Waals surface area contributed by atoms with Crippen molar-refractivity contribution < 1.29 is 4.52 Å². The Morgan fingerprint density at radius 2 is 2.26 bits per heavy atom. The van der Waals surface area contributed by atoms with Crippen LogP contribution in [0.25, 0.3) is 17.2 Å². The van der Waals surface area contributed by atoms with Crippen LogP contribution in [0.1, 0.15) is 12.7 Å². The Bertz CT molecular complexity index is 600. The van der Waals surface area contributed by atoms with Crippen molar-refractivity contribution in [2.75, 3.05) is 7.05 Å². The Kier molecular flexibility index (Phi) is 4.46. The summed E-state index contributed by atoms with van der Waals surface area (Å²) in [5, 5.41) is 6.92. The zero-order chi connectivity index (χ0) is 13.7. The minimum atomic E-state index is 0.401. The van der Waals surface area contributed by atoms with Gasteiger partial charge in [0.2, 0.25) is 5.82 Å². The molecule has 0 saturated heterocycles. The summed E-state index contributed by atoms with van der Waals surface area (Å²) in [6, 6.07) is 5.54. The molecule has 2 rings (SSSR count). The van der Waals surface area contributed by atoms with Crippen molar-refractivity contribution in [2.45, 2.75) is 6.92 Å². The molecule has 0 aliphatic heterocycles. The van der Waals surface area contributed by atoms with Crippen molar-refractivity contribution >= 4 is 21.5 Å². The summed E-state index contributed by atoms with van der Waals surface area (Å²) in [5.74, 6) is 0.909. The van der Waals surface area contributed by atoms with Gasteiger partial charge in [-0.1, -0.05) is 27.2 Å². The Morgan fingerprint density at radius 3 is 2.89 bits per heavy atom. The zero-order valence-electron chi connectivity index (χ0n) is 10.6. The molecule has 0 spiro atoms. The van der Waals surface area contributed by atoms with E-state index >= 15 is 0 Å². The van der Waals surface area contributed by atoms with Crippen molar-refractivity contribution in [2.24, 2.45) is 0 Å². The minimum absolute atomic E-state index is 0.401. The number of aromatic nitrogens is 3. The molecule has 0 unspecified atom stereocenters. The van der Waals surface area contributed by atoms with E-state index < -0.39 is 0 Å². The van der Waals surface area contributed by atoms with Crippen LogP contribution >= 0.6 is 15.9 Å². The summed E-state index contributed by atoms with van der Waals surface area (Å²) in [7, 11) is 1.82. The van der Waals surface area contributed by atoms with Crippen LogP contribution in [0.2, 0.25) is 0 Å². The largest absolute Gasteiger partial charge is 0.393 e. The van der Waals surface area contributed by atoms with Gasteiger partial charge in [-0.3, -0.25) is 4.98 Å². The fraction of sp³-hybridized carbons (Fsp3) is 0.154. The Labute approximate surface area is 119 Å². The van der Waals surface area contributed by atoms with Crippen molar-refractivity contribution in [3.8, 4) is 11.6 Å². The number of halogens is 1. The third-order valence-electron chi connectivity index (χ3n) is 2.22. The summed E-state index contributed by atoms with van der Waals surface area (Å²) in [6.45, 7) is 1.93. The summed E-state index contributed by atoms with van der Waals surface area (Å²) >= 11 is 3.39. The first kappa shape index (κ1) is 13.5.